The summed E-state index contributed by atoms with van der Waals surface area (Å²) in [6.07, 6.45) is -6.96. The van der Waals surface area contributed by atoms with E-state index >= 15 is 0 Å². The maximum absolute atomic E-state index is 11.7. The Morgan fingerprint density at radius 3 is 2.43 bits per heavy atom. The van der Waals surface area contributed by atoms with Crippen LogP contribution in [0.25, 0.3) is 0 Å². The Labute approximate surface area is 79.5 Å². The molecule has 4 nitrogen and oxygen atoms in total. The van der Waals surface area contributed by atoms with Crippen molar-refractivity contribution in [3.05, 3.63) is 0 Å². The number of carbonyl (C=O) groups is 1. The fourth-order valence-corrected chi connectivity index (χ4v) is 0.681. The van der Waals surface area contributed by atoms with Gasteiger partial charge in [0.05, 0.1) is 0 Å². The Bertz CT molecular complexity index is 184. The molecule has 3 N–H and O–H groups in total. The van der Waals surface area contributed by atoms with Gasteiger partial charge in [0.25, 0.3) is 0 Å². The second-order valence-corrected chi connectivity index (χ2v) is 2.74. The average Bonchev–Trinajstić information content (AvgIpc) is 2.01. The third-order valence-corrected chi connectivity index (χ3v) is 1.39. The molecule has 1 amide bonds. The lowest BCUT2D eigenvalue weighted by Gasteiger charge is -2.14. The van der Waals surface area contributed by atoms with Gasteiger partial charge in [0.2, 0.25) is 5.91 Å². The highest BCUT2D eigenvalue weighted by molar-refractivity contribution is 5.72. The summed E-state index contributed by atoms with van der Waals surface area (Å²) in [5.41, 5.74) is 0. The van der Waals surface area contributed by atoms with Gasteiger partial charge in [0.15, 0.2) is 6.10 Å². The third-order valence-electron chi connectivity index (χ3n) is 1.39. The van der Waals surface area contributed by atoms with Crippen molar-refractivity contribution in [3.63, 3.8) is 0 Å². The van der Waals surface area contributed by atoms with Crippen molar-refractivity contribution < 1.29 is 23.1 Å². The van der Waals surface area contributed by atoms with E-state index in [1.54, 1.807) is 0 Å². The van der Waals surface area contributed by atoms with Crippen molar-refractivity contribution >= 4 is 5.91 Å². The van der Waals surface area contributed by atoms with Gasteiger partial charge in [-0.15, -0.1) is 0 Å². The zero-order chi connectivity index (χ0) is 11.2. The van der Waals surface area contributed by atoms with Crippen LogP contribution >= 0.6 is 0 Å². The molecule has 14 heavy (non-hydrogen) atoms. The van der Waals surface area contributed by atoms with Gasteiger partial charge in [-0.25, -0.2) is 0 Å². The van der Waals surface area contributed by atoms with Crippen molar-refractivity contribution in [2.24, 2.45) is 0 Å². The van der Waals surface area contributed by atoms with Gasteiger partial charge in [-0.3, -0.25) is 4.79 Å². The molecule has 0 aliphatic carbocycles. The number of aliphatic hydroxyl groups excluding tert-OH is 1. The van der Waals surface area contributed by atoms with Crippen LogP contribution < -0.4 is 10.6 Å². The van der Waals surface area contributed by atoms with E-state index in [4.69, 9.17) is 5.11 Å². The molecule has 0 radical (unpaired) electrons. The van der Waals surface area contributed by atoms with E-state index in [0.29, 0.717) is 0 Å². The summed E-state index contributed by atoms with van der Waals surface area (Å²) in [7, 11) is 0. The average molecular weight is 214 g/mol. The first-order valence-electron chi connectivity index (χ1n) is 4.04. The molecule has 0 spiro atoms. The third kappa shape index (κ3) is 6.67. The first-order valence-corrected chi connectivity index (χ1v) is 4.04. The second-order valence-electron chi connectivity index (χ2n) is 2.74. The van der Waals surface area contributed by atoms with E-state index in [0.717, 1.165) is 0 Å². The molecule has 0 fully saturated rings. The normalized spacial score (nSPS) is 13.8. The molecule has 84 valence electrons. The van der Waals surface area contributed by atoms with Crippen LogP contribution in [0.3, 0.4) is 0 Å². The molecule has 0 bridgehead atoms. The lowest BCUT2D eigenvalue weighted by Crippen LogP contribution is -2.40. The molecule has 0 aromatic rings. The Morgan fingerprint density at radius 1 is 1.43 bits per heavy atom. The van der Waals surface area contributed by atoms with Crippen molar-refractivity contribution in [2.75, 3.05) is 19.6 Å². The maximum atomic E-state index is 11.7. The molecular weight excluding hydrogens is 201 g/mol. The van der Waals surface area contributed by atoms with E-state index in [2.05, 4.69) is 10.6 Å². The molecule has 0 aliphatic rings. The summed E-state index contributed by atoms with van der Waals surface area (Å²) in [4.78, 5) is 10.3. The summed E-state index contributed by atoms with van der Waals surface area (Å²) in [5.74, 6) is -0.247. The molecule has 0 aromatic carbocycles. The Morgan fingerprint density at radius 2 is 2.00 bits per heavy atom. The van der Waals surface area contributed by atoms with Gasteiger partial charge in [0, 0.05) is 26.6 Å². The molecule has 1 unspecified atom stereocenters. The first kappa shape index (κ1) is 13.2. The van der Waals surface area contributed by atoms with Gasteiger partial charge >= 0.3 is 6.18 Å². The summed E-state index contributed by atoms with van der Waals surface area (Å²) >= 11 is 0. The number of halogens is 3. The number of amides is 1. The molecule has 0 saturated heterocycles. The quantitative estimate of drug-likeness (QED) is 0.547. The molecule has 0 rings (SSSR count). The van der Waals surface area contributed by atoms with Crippen LogP contribution in [-0.4, -0.2) is 42.9 Å². The fourth-order valence-electron chi connectivity index (χ4n) is 0.681. The lowest BCUT2D eigenvalue weighted by molar-refractivity contribution is -0.201. The molecule has 1 atom stereocenters. The van der Waals surface area contributed by atoms with Crippen LogP contribution in [0, 0.1) is 0 Å². The highest BCUT2D eigenvalue weighted by Gasteiger charge is 2.37. The van der Waals surface area contributed by atoms with Crippen LogP contribution in [0.5, 0.6) is 0 Å². The van der Waals surface area contributed by atoms with Crippen molar-refractivity contribution in [1.29, 1.82) is 0 Å². The van der Waals surface area contributed by atoms with Crippen LogP contribution in [0.2, 0.25) is 0 Å². The van der Waals surface area contributed by atoms with Gasteiger partial charge in [-0.2, -0.15) is 13.2 Å². The lowest BCUT2D eigenvalue weighted by atomic mass is 10.3. The maximum Gasteiger partial charge on any atom is 0.415 e. The summed E-state index contributed by atoms with van der Waals surface area (Å²) in [5, 5.41) is 13.3. The van der Waals surface area contributed by atoms with Crippen molar-refractivity contribution in [1.82, 2.24) is 10.6 Å². The van der Waals surface area contributed by atoms with Crippen LogP contribution in [-0.2, 0) is 4.79 Å². The SMILES string of the molecule is CC(=O)NCCNCC(O)C(F)(F)F. The van der Waals surface area contributed by atoms with E-state index in [-0.39, 0.29) is 19.0 Å². The molecule has 0 saturated carbocycles. The standard InChI is InChI=1S/C7H13F3N2O2/c1-5(13)12-3-2-11-4-6(14)7(8,9)10/h6,11,14H,2-4H2,1H3,(H,12,13). The minimum atomic E-state index is -4.60. The first-order chi connectivity index (χ1) is 6.34. The van der Waals surface area contributed by atoms with E-state index < -0.39 is 18.8 Å². The number of rotatable bonds is 5. The van der Waals surface area contributed by atoms with Crippen molar-refractivity contribution in [3.8, 4) is 0 Å². The van der Waals surface area contributed by atoms with Crippen molar-refractivity contribution in [2.45, 2.75) is 19.2 Å². The topological polar surface area (TPSA) is 61.4 Å². The monoisotopic (exact) mass is 214 g/mol. The number of aliphatic hydroxyl groups is 1. The molecule has 0 aromatic heterocycles. The van der Waals surface area contributed by atoms with E-state index in [1.165, 1.54) is 6.92 Å². The van der Waals surface area contributed by atoms with Crippen LogP contribution in [0.15, 0.2) is 0 Å². The van der Waals surface area contributed by atoms with Gasteiger partial charge in [-0.1, -0.05) is 0 Å². The van der Waals surface area contributed by atoms with Crippen LogP contribution in [0.4, 0.5) is 13.2 Å². The Kier molecular flexibility index (Phi) is 5.47. The zero-order valence-electron chi connectivity index (χ0n) is 7.69. The number of carbonyl (C=O) groups excluding carboxylic acids is 1. The highest BCUT2D eigenvalue weighted by atomic mass is 19.4. The van der Waals surface area contributed by atoms with Gasteiger partial charge < -0.3 is 15.7 Å². The summed E-state index contributed by atoms with van der Waals surface area (Å²) < 4.78 is 35.2. The molecule has 7 heteroatoms. The molecular formula is C7H13F3N2O2. The largest absolute Gasteiger partial charge is 0.415 e. The molecule has 0 aliphatic heterocycles. The predicted octanol–water partition coefficient (Wildman–Crippen LogP) is -0.365. The van der Waals surface area contributed by atoms with E-state index in [9.17, 15) is 18.0 Å². The number of nitrogens with one attached hydrogen (secondary N) is 2. The van der Waals surface area contributed by atoms with Gasteiger partial charge in [0.1, 0.15) is 0 Å². The van der Waals surface area contributed by atoms with Crippen LogP contribution in [0.1, 0.15) is 6.92 Å². The number of hydrogen-bond acceptors (Lipinski definition) is 3. The number of alkyl halides is 3. The Balaban J connectivity index is 3.41. The second kappa shape index (κ2) is 5.82. The van der Waals surface area contributed by atoms with E-state index in [1.807, 2.05) is 0 Å². The number of hydrogen-bond donors (Lipinski definition) is 3. The smallest absolute Gasteiger partial charge is 0.382 e. The minimum absolute atomic E-state index is 0.187. The minimum Gasteiger partial charge on any atom is -0.382 e. The zero-order valence-corrected chi connectivity index (χ0v) is 7.69. The Hall–Kier alpha value is -0.820. The van der Waals surface area contributed by atoms with Gasteiger partial charge in [-0.05, 0) is 0 Å². The highest BCUT2D eigenvalue weighted by Crippen LogP contribution is 2.18. The summed E-state index contributed by atoms with van der Waals surface area (Å²) in [6.45, 7) is 1.17. The molecule has 0 heterocycles. The fraction of sp³-hybridized carbons (Fsp3) is 0.857. The summed E-state index contributed by atoms with van der Waals surface area (Å²) in [6, 6.07) is 0. The predicted molar refractivity (Wildman–Crippen MR) is 43.6 cm³/mol.